The van der Waals surface area contributed by atoms with Crippen LogP contribution in [0.25, 0.3) is 5.69 Å². The van der Waals surface area contributed by atoms with Gasteiger partial charge >= 0.3 is 0 Å². The zero-order valence-corrected chi connectivity index (χ0v) is 13.5. The molecule has 0 saturated carbocycles. The first-order valence-corrected chi connectivity index (χ1v) is 8.44. The first kappa shape index (κ1) is 14.6. The lowest BCUT2D eigenvalue weighted by Crippen LogP contribution is -2.06. The molecular weight excluding hydrogens is 298 g/mol. The fourth-order valence-electron chi connectivity index (χ4n) is 2.40. The van der Waals surface area contributed by atoms with E-state index in [1.54, 1.807) is 17.2 Å². The van der Waals surface area contributed by atoms with E-state index in [4.69, 9.17) is 0 Å². The van der Waals surface area contributed by atoms with Crippen LogP contribution in [0.5, 0.6) is 0 Å². The van der Waals surface area contributed by atoms with Crippen LogP contribution in [0.3, 0.4) is 0 Å². The summed E-state index contributed by atoms with van der Waals surface area (Å²) >= 11 is 0. The van der Waals surface area contributed by atoms with Crippen molar-refractivity contribution < 1.29 is 4.21 Å². The fraction of sp³-hybridized carbons (Fsp3) is 0.267. The van der Waals surface area contributed by atoms with Gasteiger partial charge in [-0.2, -0.15) is 5.10 Å². The van der Waals surface area contributed by atoms with Gasteiger partial charge in [0, 0.05) is 11.9 Å². The molecule has 0 bridgehead atoms. The van der Waals surface area contributed by atoms with E-state index in [-0.39, 0.29) is 0 Å². The summed E-state index contributed by atoms with van der Waals surface area (Å²) in [5.74, 6) is 0. The molecule has 0 aliphatic carbocycles. The van der Waals surface area contributed by atoms with E-state index in [0.29, 0.717) is 11.7 Å². The summed E-state index contributed by atoms with van der Waals surface area (Å²) in [4.78, 5) is 0. The topological polar surface area (TPSA) is 65.6 Å². The molecule has 0 aliphatic rings. The van der Waals surface area contributed by atoms with Crippen LogP contribution < -0.4 is 0 Å². The Hall–Kier alpha value is -2.28. The lowest BCUT2D eigenvalue weighted by Gasteiger charge is -2.08. The third-order valence-corrected chi connectivity index (χ3v) is 4.21. The maximum Gasteiger partial charge on any atom is 0.221 e. The largest absolute Gasteiger partial charge is 0.302 e. The molecule has 0 radical (unpaired) electrons. The van der Waals surface area contributed by atoms with Crippen molar-refractivity contribution in [3.05, 3.63) is 53.6 Å². The second-order valence-electron chi connectivity index (χ2n) is 5.20. The first-order valence-electron chi connectivity index (χ1n) is 6.88. The molecule has 0 aliphatic heterocycles. The summed E-state index contributed by atoms with van der Waals surface area (Å²) < 4.78 is 15.3. The minimum atomic E-state index is -1.14. The van der Waals surface area contributed by atoms with E-state index in [9.17, 15) is 4.21 Å². The molecule has 3 aromatic rings. The van der Waals surface area contributed by atoms with Crippen molar-refractivity contribution in [2.45, 2.75) is 25.5 Å². The van der Waals surface area contributed by atoms with Crippen LogP contribution in [0.15, 0.2) is 41.8 Å². The van der Waals surface area contributed by atoms with Crippen molar-refractivity contribution in [3.8, 4) is 5.69 Å². The molecule has 0 unspecified atom stereocenters. The highest BCUT2D eigenvalue weighted by Gasteiger charge is 2.09. The Bertz CT molecular complexity index is 819. The van der Waals surface area contributed by atoms with E-state index in [2.05, 4.69) is 15.3 Å². The highest BCUT2D eigenvalue weighted by Crippen LogP contribution is 2.14. The number of rotatable bonds is 4. The van der Waals surface area contributed by atoms with Crippen molar-refractivity contribution >= 4 is 10.8 Å². The molecule has 114 valence electrons. The molecule has 1 aromatic carbocycles. The molecular formula is C15H17N5OS. The second kappa shape index (κ2) is 5.84. The second-order valence-corrected chi connectivity index (χ2v) is 6.47. The summed E-state index contributed by atoms with van der Waals surface area (Å²) in [6, 6.07) is 10.2. The zero-order chi connectivity index (χ0) is 15.7. The maximum absolute atomic E-state index is 11.6. The highest BCUT2D eigenvalue weighted by atomic mass is 32.2. The normalized spacial score (nSPS) is 12.5. The molecule has 22 heavy (non-hydrogen) atoms. The Morgan fingerprint density at radius 2 is 1.91 bits per heavy atom. The summed E-state index contributed by atoms with van der Waals surface area (Å²) in [6.45, 7) is 4.61. The van der Waals surface area contributed by atoms with Gasteiger partial charge in [0.2, 0.25) is 5.16 Å². The van der Waals surface area contributed by atoms with Crippen LogP contribution in [-0.2, 0) is 17.3 Å². The Balaban J connectivity index is 1.84. The summed E-state index contributed by atoms with van der Waals surface area (Å²) in [6.07, 6.45) is 3.21. The van der Waals surface area contributed by atoms with E-state index in [1.807, 2.05) is 48.9 Å². The summed E-state index contributed by atoms with van der Waals surface area (Å²) in [7, 11) is -1.14. The average molecular weight is 315 g/mol. The van der Waals surface area contributed by atoms with Gasteiger partial charge in [-0.1, -0.05) is 12.1 Å². The molecule has 2 heterocycles. The highest BCUT2D eigenvalue weighted by molar-refractivity contribution is 7.84. The van der Waals surface area contributed by atoms with Gasteiger partial charge < -0.3 is 4.57 Å². The Kier molecular flexibility index (Phi) is 3.89. The van der Waals surface area contributed by atoms with Crippen LogP contribution in [0, 0.1) is 13.8 Å². The summed E-state index contributed by atoms with van der Waals surface area (Å²) in [5, 5.41) is 12.7. The van der Waals surface area contributed by atoms with Gasteiger partial charge in [-0.15, -0.1) is 10.2 Å². The third kappa shape index (κ3) is 2.85. The number of hydrogen-bond acceptors (Lipinski definition) is 4. The monoisotopic (exact) mass is 315 g/mol. The van der Waals surface area contributed by atoms with Gasteiger partial charge in [0.15, 0.2) is 0 Å². The van der Waals surface area contributed by atoms with Crippen molar-refractivity contribution in [3.63, 3.8) is 0 Å². The van der Waals surface area contributed by atoms with Gasteiger partial charge in [-0.3, -0.25) is 4.21 Å². The SMILES string of the molecule is Cc1cc(C)n(-c2ccc(Cn3cnnc3[S@](C)=O)cc2)n1. The first-order chi connectivity index (χ1) is 10.5. The van der Waals surface area contributed by atoms with Crippen molar-refractivity contribution in [1.82, 2.24) is 24.5 Å². The van der Waals surface area contributed by atoms with Gasteiger partial charge in [-0.05, 0) is 37.6 Å². The van der Waals surface area contributed by atoms with E-state index in [0.717, 1.165) is 22.6 Å². The molecule has 0 spiro atoms. The lowest BCUT2D eigenvalue weighted by molar-refractivity contribution is 0.653. The minimum Gasteiger partial charge on any atom is -0.302 e. The van der Waals surface area contributed by atoms with Crippen LogP contribution in [-0.4, -0.2) is 35.0 Å². The van der Waals surface area contributed by atoms with Crippen molar-refractivity contribution in [1.29, 1.82) is 0 Å². The van der Waals surface area contributed by atoms with E-state index >= 15 is 0 Å². The Morgan fingerprint density at radius 3 is 2.50 bits per heavy atom. The standard InChI is InChI=1S/C15H17N5OS/c1-11-8-12(2)20(18-11)14-6-4-13(5-7-14)9-19-10-16-17-15(19)22(3)21/h4-8,10H,9H2,1-3H3/t22-/m0/s1. The van der Waals surface area contributed by atoms with E-state index < -0.39 is 10.8 Å². The van der Waals surface area contributed by atoms with Gasteiger partial charge in [-0.25, -0.2) is 4.68 Å². The summed E-state index contributed by atoms with van der Waals surface area (Å²) in [5.41, 5.74) is 4.23. The minimum absolute atomic E-state index is 0.489. The number of nitrogens with zero attached hydrogens (tertiary/aromatic N) is 5. The molecule has 0 saturated heterocycles. The average Bonchev–Trinajstić information content (AvgIpc) is 3.06. The molecule has 7 heteroatoms. The van der Waals surface area contributed by atoms with Crippen LogP contribution >= 0.6 is 0 Å². The van der Waals surface area contributed by atoms with Gasteiger partial charge in [0.1, 0.15) is 6.33 Å². The van der Waals surface area contributed by atoms with Gasteiger partial charge in [0.25, 0.3) is 0 Å². The Labute approximate surface area is 131 Å². The van der Waals surface area contributed by atoms with Crippen molar-refractivity contribution in [2.24, 2.45) is 0 Å². The molecule has 0 N–H and O–H groups in total. The number of aryl methyl sites for hydroxylation is 2. The smallest absolute Gasteiger partial charge is 0.221 e. The number of hydrogen-bond donors (Lipinski definition) is 0. The predicted octanol–water partition coefficient (Wildman–Crippen LogP) is 1.87. The molecule has 3 rings (SSSR count). The molecule has 0 amide bonds. The van der Waals surface area contributed by atoms with Gasteiger partial charge in [0.05, 0.1) is 28.7 Å². The fourth-order valence-corrected chi connectivity index (χ4v) is 3.01. The van der Waals surface area contributed by atoms with Crippen molar-refractivity contribution in [2.75, 3.05) is 6.26 Å². The number of aromatic nitrogens is 5. The molecule has 2 aromatic heterocycles. The number of benzene rings is 1. The predicted molar refractivity (Wildman–Crippen MR) is 84.5 cm³/mol. The maximum atomic E-state index is 11.6. The molecule has 0 fully saturated rings. The lowest BCUT2D eigenvalue weighted by atomic mass is 10.2. The Morgan fingerprint density at radius 1 is 1.18 bits per heavy atom. The quantitative estimate of drug-likeness (QED) is 0.737. The van der Waals surface area contributed by atoms with Crippen LogP contribution in [0.1, 0.15) is 17.0 Å². The van der Waals surface area contributed by atoms with E-state index in [1.165, 1.54) is 0 Å². The van der Waals surface area contributed by atoms with Crippen LogP contribution in [0.4, 0.5) is 0 Å². The molecule has 1 atom stereocenters. The molecule has 6 nitrogen and oxygen atoms in total. The van der Waals surface area contributed by atoms with Crippen LogP contribution in [0.2, 0.25) is 0 Å². The third-order valence-electron chi connectivity index (χ3n) is 3.38. The zero-order valence-electron chi connectivity index (χ0n) is 12.7.